The highest BCUT2D eigenvalue weighted by Gasteiger charge is 2.18. The molecule has 0 heterocycles. The van der Waals surface area contributed by atoms with Crippen LogP contribution in [0.1, 0.15) is 51.4 Å². The number of ketones is 1. The third-order valence-corrected chi connectivity index (χ3v) is 3.31. The van der Waals surface area contributed by atoms with Crippen LogP contribution in [0, 0.1) is 5.92 Å². The van der Waals surface area contributed by atoms with Crippen LogP contribution in [-0.2, 0) is 4.79 Å². The highest BCUT2D eigenvalue weighted by molar-refractivity contribution is 5.91. The maximum atomic E-state index is 11.2. The molecular formula is C12H18O. The second kappa shape index (κ2) is 4.08. The maximum absolute atomic E-state index is 11.2. The van der Waals surface area contributed by atoms with Crippen LogP contribution in [0.2, 0.25) is 0 Å². The smallest absolute Gasteiger partial charge is 0.155 e. The van der Waals surface area contributed by atoms with Crippen molar-refractivity contribution < 1.29 is 4.79 Å². The Morgan fingerprint density at radius 3 is 2.62 bits per heavy atom. The summed E-state index contributed by atoms with van der Waals surface area (Å²) in [5.74, 6) is 1.26. The van der Waals surface area contributed by atoms with E-state index in [4.69, 9.17) is 0 Å². The molecule has 0 aromatic heterocycles. The van der Waals surface area contributed by atoms with Gasteiger partial charge >= 0.3 is 0 Å². The summed E-state index contributed by atoms with van der Waals surface area (Å²) < 4.78 is 0. The van der Waals surface area contributed by atoms with Crippen molar-refractivity contribution in [2.75, 3.05) is 0 Å². The van der Waals surface area contributed by atoms with Crippen LogP contribution in [-0.4, -0.2) is 5.78 Å². The van der Waals surface area contributed by atoms with Crippen molar-refractivity contribution in [2.45, 2.75) is 51.4 Å². The van der Waals surface area contributed by atoms with Crippen LogP contribution >= 0.6 is 0 Å². The molecule has 0 aromatic rings. The first-order chi connectivity index (χ1) is 6.34. The summed E-state index contributed by atoms with van der Waals surface area (Å²) in [4.78, 5) is 11.2. The van der Waals surface area contributed by atoms with Gasteiger partial charge in [-0.25, -0.2) is 0 Å². The average Bonchev–Trinajstić information content (AvgIpc) is 2.57. The SMILES string of the molecule is O=C1C=C(CC2CCCC2)CCC1. The summed E-state index contributed by atoms with van der Waals surface area (Å²) in [6.45, 7) is 0. The minimum Gasteiger partial charge on any atom is -0.295 e. The number of hydrogen-bond acceptors (Lipinski definition) is 1. The molecule has 0 aliphatic heterocycles. The molecule has 0 bridgehead atoms. The summed E-state index contributed by atoms with van der Waals surface area (Å²) in [5, 5.41) is 0. The Morgan fingerprint density at radius 1 is 1.15 bits per heavy atom. The number of rotatable bonds is 2. The number of allylic oxidation sites excluding steroid dienone is 2. The van der Waals surface area contributed by atoms with Crippen LogP contribution in [0.5, 0.6) is 0 Å². The van der Waals surface area contributed by atoms with Gasteiger partial charge in [0.15, 0.2) is 5.78 Å². The third kappa shape index (κ3) is 2.43. The summed E-state index contributed by atoms with van der Waals surface area (Å²) in [7, 11) is 0. The number of hydrogen-bond donors (Lipinski definition) is 0. The van der Waals surface area contributed by atoms with Gasteiger partial charge < -0.3 is 0 Å². The Bertz CT molecular complexity index is 221. The van der Waals surface area contributed by atoms with Crippen molar-refractivity contribution in [3.8, 4) is 0 Å². The molecule has 0 atom stereocenters. The van der Waals surface area contributed by atoms with E-state index in [2.05, 4.69) is 0 Å². The summed E-state index contributed by atoms with van der Waals surface area (Å²) in [5.41, 5.74) is 1.43. The molecule has 0 aromatic carbocycles. The van der Waals surface area contributed by atoms with Gasteiger partial charge in [-0.3, -0.25) is 4.79 Å². The van der Waals surface area contributed by atoms with Crippen LogP contribution in [0.15, 0.2) is 11.6 Å². The number of carbonyl (C=O) groups excluding carboxylic acids is 1. The Hall–Kier alpha value is -0.590. The van der Waals surface area contributed by atoms with Gasteiger partial charge in [-0.05, 0) is 31.3 Å². The summed E-state index contributed by atoms with van der Waals surface area (Å²) in [6, 6.07) is 0. The topological polar surface area (TPSA) is 17.1 Å². The van der Waals surface area contributed by atoms with E-state index in [-0.39, 0.29) is 0 Å². The molecule has 0 spiro atoms. The predicted octanol–water partition coefficient (Wildman–Crippen LogP) is 3.25. The molecule has 2 aliphatic rings. The molecule has 13 heavy (non-hydrogen) atoms. The van der Waals surface area contributed by atoms with E-state index in [1.165, 1.54) is 44.1 Å². The minimum atomic E-state index is 0.360. The lowest BCUT2D eigenvalue weighted by atomic mass is 9.90. The molecule has 72 valence electrons. The Morgan fingerprint density at radius 2 is 1.92 bits per heavy atom. The zero-order chi connectivity index (χ0) is 9.10. The minimum absolute atomic E-state index is 0.360. The molecule has 0 saturated heterocycles. The van der Waals surface area contributed by atoms with E-state index < -0.39 is 0 Å². The molecule has 0 unspecified atom stereocenters. The zero-order valence-electron chi connectivity index (χ0n) is 8.22. The second-order valence-corrected chi connectivity index (χ2v) is 4.48. The first-order valence-corrected chi connectivity index (χ1v) is 5.57. The first-order valence-electron chi connectivity index (χ1n) is 5.57. The van der Waals surface area contributed by atoms with E-state index in [0.29, 0.717) is 5.78 Å². The standard InChI is InChI=1S/C12H18O/c13-12-7-3-6-11(9-12)8-10-4-1-2-5-10/h9-10H,1-8H2. The van der Waals surface area contributed by atoms with E-state index in [0.717, 1.165) is 18.8 Å². The maximum Gasteiger partial charge on any atom is 0.155 e. The van der Waals surface area contributed by atoms with Crippen molar-refractivity contribution in [3.05, 3.63) is 11.6 Å². The van der Waals surface area contributed by atoms with Gasteiger partial charge in [0.25, 0.3) is 0 Å². The zero-order valence-corrected chi connectivity index (χ0v) is 8.22. The predicted molar refractivity (Wildman–Crippen MR) is 53.5 cm³/mol. The molecule has 2 rings (SSSR count). The fraction of sp³-hybridized carbons (Fsp3) is 0.750. The third-order valence-electron chi connectivity index (χ3n) is 3.31. The quantitative estimate of drug-likeness (QED) is 0.634. The van der Waals surface area contributed by atoms with Crippen molar-refractivity contribution in [3.63, 3.8) is 0 Å². The van der Waals surface area contributed by atoms with Gasteiger partial charge in [-0.15, -0.1) is 0 Å². The van der Waals surface area contributed by atoms with Crippen LogP contribution < -0.4 is 0 Å². The van der Waals surface area contributed by atoms with Gasteiger partial charge in [-0.1, -0.05) is 31.3 Å². The molecule has 1 saturated carbocycles. The van der Waals surface area contributed by atoms with Gasteiger partial charge in [0.1, 0.15) is 0 Å². The lowest BCUT2D eigenvalue weighted by Crippen LogP contribution is -2.05. The van der Waals surface area contributed by atoms with Gasteiger partial charge in [0, 0.05) is 6.42 Å². The molecule has 2 aliphatic carbocycles. The van der Waals surface area contributed by atoms with E-state index in [9.17, 15) is 4.79 Å². The van der Waals surface area contributed by atoms with Gasteiger partial charge in [0.2, 0.25) is 0 Å². The Kier molecular flexibility index (Phi) is 2.82. The average molecular weight is 178 g/mol. The number of carbonyl (C=O) groups is 1. The summed E-state index contributed by atoms with van der Waals surface area (Å²) in [6.07, 6.45) is 11.8. The van der Waals surface area contributed by atoms with Crippen LogP contribution in [0.4, 0.5) is 0 Å². The molecule has 1 heteroatoms. The largest absolute Gasteiger partial charge is 0.295 e. The molecule has 0 N–H and O–H groups in total. The van der Waals surface area contributed by atoms with Crippen molar-refractivity contribution in [2.24, 2.45) is 5.92 Å². The van der Waals surface area contributed by atoms with E-state index in [1.54, 1.807) is 0 Å². The van der Waals surface area contributed by atoms with Crippen molar-refractivity contribution >= 4 is 5.78 Å². The van der Waals surface area contributed by atoms with E-state index in [1.807, 2.05) is 6.08 Å². The second-order valence-electron chi connectivity index (χ2n) is 4.48. The highest BCUT2D eigenvalue weighted by Crippen LogP contribution is 2.32. The Labute approximate surface area is 80.2 Å². The molecular weight excluding hydrogens is 160 g/mol. The summed E-state index contributed by atoms with van der Waals surface area (Å²) >= 11 is 0. The first kappa shape index (κ1) is 8.98. The van der Waals surface area contributed by atoms with Crippen molar-refractivity contribution in [1.82, 2.24) is 0 Å². The van der Waals surface area contributed by atoms with E-state index >= 15 is 0 Å². The fourth-order valence-corrected chi connectivity index (χ4v) is 2.61. The van der Waals surface area contributed by atoms with Crippen LogP contribution in [0.3, 0.4) is 0 Å². The monoisotopic (exact) mass is 178 g/mol. The highest BCUT2D eigenvalue weighted by atomic mass is 16.1. The molecule has 1 nitrogen and oxygen atoms in total. The molecule has 1 fully saturated rings. The van der Waals surface area contributed by atoms with Crippen molar-refractivity contribution in [1.29, 1.82) is 0 Å². The Balaban J connectivity index is 1.89. The van der Waals surface area contributed by atoms with Gasteiger partial charge in [-0.2, -0.15) is 0 Å². The lowest BCUT2D eigenvalue weighted by Gasteiger charge is -2.15. The molecule has 0 radical (unpaired) electrons. The van der Waals surface area contributed by atoms with Gasteiger partial charge in [0.05, 0.1) is 0 Å². The van der Waals surface area contributed by atoms with Crippen LogP contribution in [0.25, 0.3) is 0 Å². The normalized spacial score (nSPS) is 24.9. The fourth-order valence-electron chi connectivity index (χ4n) is 2.61. The lowest BCUT2D eigenvalue weighted by molar-refractivity contribution is -0.115. The molecule has 0 amide bonds.